The second-order valence-electron chi connectivity index (χ2n) is 1.33. The fourth-order valence-corrected chi connectivity index (χ4v) is 0. The van der Waals surface area contributed by atoms with Gasteiger partial charge in [-0.15, -0.1) is 0 Å². The molecule has 3 heteroatoms. The molecule has 0 aromatic carbocycles. The van der Waals surface area contributed by atoms with E-state index in [1.165, 1.54) is 0 Å². The maximum atomic E-state index is 2.55. The summed E-state index contributed by atoms with van der Waals surface area (Å²) in [6.07, 6.45) is 0. The Hall–Kier alpha value is 2.00. The van der Waals surface area contributed by atoms with Gasteiger partial charge in [0.05, 0.1) is 0 Å². The predicted octanol–water partition coefficient (Wildman–Crippen LogP) is 2.56. The van der Waals surface area contributed by atoms with Gasteiger partial charge in [0.25, 0.3) is 0 Å². The van der Waals surface area contributed by atoms with E-state index in [0.717, 1.165) is 0 Å². The Kier molecular flexibility index (Phi) is 3.29. The Bertz CT molecular complexity index is 23.1. The molecule has 0 N–H and O–H groups in total. The van der Waals surface area contributed by atoms with Crippen molar-refractivity contribution in [3.05, 3.63) is 0 Å². The molecule has 0 unspecified atom stereocenters. The normalized spacial score (nSPS) is 12.0. The molecule has 0 radical (unpaired) electrons. The van der Waals surface area contributed by atoms with Crippen LogP contribution in [0.3, 0.4) is 0 Å². The second kappa shape index (κ2) is 2.35. The zero-order valence-corrected chi connectivity index (χ0v) is 9.67. The molecular weight excluding hydrogens is 350 g/mol. The summed E-state index contributed by atoms with van der Waals surface area (Å²) >= 11 is 5.10. The molecule has 5 heavy (non-hydrogen) atoms. The van der Waals surface area contributed by atoms with E-state index < -0.39 is 6.65 Å². The fourth-order valence-electron chi connectivity index (χ4n) is 0. The summed E-state index contributed by atoms with van der Waals surface area (Å²) in [5, 5.41) is 0. The van der Waals surface area contributed by atoms with Crippen molar-refractivity contribution >= 4 is 47.1 Å². The first kappa shape index (κ1) is 7.00. The van der Waals surface area contributed by atoms with Gasteiger partial charge in [0.2, 0.25) is 0 Å². The van der Waals surface area contributed by atoms with Crippen LogP contribution >= 0.6 is 40.4 Å². The van der Waals surface area contributed by atoms with Gasteiger partial charge in [0.15, 0.2) is 0 Å². The molecule has 0 atom stereocenters. The van der Waals surface area contributed by atoms with Gasteiger partial charge in [-0.2, -0.15) is 0 Å². The molecule has 0 aliphatic rings. The van der Waals surface area contributed by atoms with Gasteiger partial charge in [0.1, 0.15) is 0 Å². The Morgan fingerprint density at radius 3 is 1.20 bits per heavy atom. The average molecular weight is 356 g/mol. The monoisotopic (exact) mass is 358 g/mol. The van der Waals surface area contributed by atoms with E-state index in [2.05, 4.69) is 51.9 Å². The van der Waals surface area contributed by atoms with Gasteiger partial charge in [-0.3, -0.25) is 0 Å². The van der Waals surface area contributed by atoms with Crippen LogP contribution in [0.1, 0.15) is 0 Å². The van der Waals surface area contributed by atoms with Gasteiger partial charge in [-0.1, -0.05) is 0 Å². The molecule has 0 saturated carbocycles. The van der Waals surface area contributed by atoms with Crippen molar-refractivity contribution in [2.24, 2.45) is 0 Å². The molecule has 0 rings (SSSR count). The van der Waals surface area contributed by atoms with Gasteiger partial charge in [0, 0.05) is 0 Å². The Balaban J connectivity index is 3.02. The molecule has 0 bridgehead atoms. The molecular formula is C2H6GeI2. The molecule has 0 amide bonds. The van der Waals surface area contributed by atoms with Crippen molar-refractivity contribution in [2.75, 3.05) is 0 Å². The van der Waals surface area contributed by atoms with Crippen LogP contribution < -0.4 is 0 Å². The quantitative estimate of drug-likeness (QED) is 0.462. The summed E-state index contributed by atoms with van der Waals surface area (Å²) in [5.41, 5.74) is 0. The van der Waals surface area contributed by atoms with E-state index in [1.807, 2.05) is 0 Å². The summed E-state index contributed by atoms with van der Waals surface area (Å²) in [6, 6.07) is 0. The van der Waals surface area contributed by atoms with Crippen LogP contribution in [0.4, 0.5) is 0 Å². The summed E-state index contributed by atoms with van der Waals surface area (Å²) in [4.78, 5) is 0. The Morgan fingerprint density at radius 1 is 1.20 bits per heavy atom. The van der Waals surface area contributed by atoms with Crippen molar-refractivity contribution < 1.29 is 0 Å². The first-order chi connectivity index (χ1) is 2.00. The Labute approximate surface area is 57.7 Å². The van der Waals surface area contributed by atoms with E-state index in [9.17, 15) is 0 Å². The van der Waals surface area contributed by atoms with Crippen LogP contribution in [0.25, 0.3) is 0 Å². The zero-order chi connectivity index (χ0) is 4.50. The summed E-state index contributed by atoms with van der Waals surface area (Å²) in [6.45, 7) is -1.06. The molecule has 0 heterocycles. The maximum absolute atomic E-state index is 2.55. The third-order valence-corrected chi connectivity index (χ3v) is 0. The van der Waals surface area contributed by atoms with E-state index in [0.29, 0.717) is 0 Å². The van der Waals surface area contributed by atoms with Crippen LogP contribution in [0.2, 0.25) is 11.5 Å². The second-order valence-corrected chi connectivity index (χ2v) is 45.6. The van der Waals surface area contributed by atoms with Crippen LogP contribution in [0, 0.1) is 0 Å². The third kappa shape index (κ3) is 24.0. The predicted molar refractivity (Wildman–Crippen MR) is 45.5 cm³/mol. The zero-order valence-electron chi connectivity index (χ0n) is 3.26. The SMILES string of the molecule is [CH3][Ge]([CH3])([I])[I]. The summed E-state index contributed by atoms with van der Waals surface area (Å²) in [5.74, 6) is 4.70. The van der Waals surface area contributed by atoms with Crippen molar-refractivity contribution in [3.8, 4) is 0 Å². The first-order valence-electron chi connectivity index (χ1n) is 1.38. The van der Waals surface area contributed by atoms with Gasteiger partial charge >= 0.3 is 58.6 Å². The van der Waals surface area contributed by atoms with E-state index >= 15 is 0 Å². The minimum absolute atomic E-state index is 1.06. The van der Waals surface area contributed by atoms with Crippen LogP contribution in [0.15, 0.2) is 0 Å². The summed E-state index contributed by atoms with van der Waals surface area (Å²) in [7, 11) is 0. The number of hydrogen-bond acceptors (Lipinski definition) is 0. The van der Waals surface area contributed by atoms with Crippen molar-refractivity contribution in [2.45, 2.75) is 11.5 Å². The van der Waals surface area contributed by atoms with Crippen LogP contribution in [-0.2, 0) is 0 Å². The topological polar surface area (TPSA) is 0 Å². The molecule has 32 valence electrons. The fraction of sp³-hybridized carbons (Fsp3) is 1.00. The minimum atomic E-state index is -1.06. The molecule has 0 saturated heterocycles. The van der Waals surface area contributed by atoms with Gasteiger partial charge in [-0.25, -0.2) is 0 Å². The molecule has 0 aromatic heterocycles. The van der Waals surface area contributed by atoms with E-state index in [-0.39, 0.29) is 0 Å². The Morgan fingerprint density at radius 2 is 1.20 bits per heavy atom. The van der Waals surface area contributed by atoms with Crippen molar-refractivity contribution in [3.63, 3.8) is 0 Å². The molecule has 0 nitrogen and oxygen atoms in total. The average Bonchev–Trinajstić information content (AvgIpc) is 0.722. The molecule has 0 aromatic rings. The van der Waals surface area contributed by atoms with Gasteiger partial charge in [-0.05, 0) is 0 Å². The van der Waals surface area contributed by atoms with Crippen LogP contribution in [-0.4, -0.2) is 6.65 Å². The summed E-state index contributed by atoms with van der Waals surface area (Å²) < 4.78 is 0. The molecule has 0 fully saturated rings. The van der Waals surface area contributed by atoms with Crippen molar-refractivity contribution in [1.29, 1.82) is 0 Å². The number of halogens is 2. The van der Waals surface area contributed by atoms with Gasteiger partial charge < -0.3 is 0 Å². The standard InChI is InChI=1S/C2H6GeI2/c1-3(2,4)5/h1-2H3. The molecule has 0 aliphatic heterocycles. The molecule has 0 spiro atoms. The van der Waals surface area contributed by atoms with E-state index in [1.54, 1.807) is 0 Å². The first-order valence-corrected chi connectivity index (χ1v) is 18.4. The van der Waals surface area contributed by atoms with Crippen molar-refractivity contribution in [1.82, 2.24) is 0 Å². The van der Waals surface area contributed by atoms with E-state index in [4.69, 9.17) is 0 Å². The third-order valence-electron chi connectivity index (χ3n) is 0. The number of hydrogen-bond donors (Lipinski definition) is 0. The molecule has 0 aliphatic carbocycles. The van der Waals surface area contributed by atoms with Crippen LogP contribution in [0.5, 0.6) is 0 Å². The number of rotatable bonds is 0.